The average Bonchev–Trinajstić information content (AvgIpc) is 3.15. The highest BCUT2D eigenvalue weighted by Crippen LogP contribution is 2.22. The van der Waals surface area contributed by atoms with Gasteiger partial charge in [-0.05, 0) is 69.9 Å². The third-order valence-corrected chi connectivity index (χ3v) is 4.99. The molecule has 1 aromatic carbocycles. The third kappa shape index (κ3) is 9.16. The van der Waals surface area contributed by atoms with Crippen molar-refractivity contribution in [3.8, 4) is 0 Å². The minimum absolute atomic E-state index is 0.0886. The molecule has 2 N–H and O–H groups in total. The molecule has 6 heteroatoms. The fourth-order valence-corrected chi connectivity index (χ4v) is 3.49. The van der Waals surface area contributed by atoms with E-state index in [9.17, 15) is 9.59 Å². The maximum absolute atomic E-state index is 12.6. The summed E-state index contributed by atoms with van der Waals surface area (Å²) in [5.74, 6) is 0.272. The second-order valence-electron chi connectivity index (χ2n) is 9.58. The third-order valence-electron chi connectivity index (χ3n) is 4.99. The van der Waals surface area contributed by atoms with Crippen LogP contribution in [0.2, 0.25) is 0 Å². The van der Waals surface area contributed by atoms with E-state index in [4.69, 9.17) is 9.47 Å². The number of hydrogen-bond acceptors (Lipinski definition) is 5. The van der Waals surface area contributed by atoms with Crippen molar-refractivity contribution >= 4 is 12.1 Å². The van der Waals surface area contributed by atoms with E-state index in [1.165, 1.54) is 0 Å². The molecule has 2 rings (SSSR count). The van der Waals surface area contributed by atoms with Crippen LogP contribution in [0.25, 0.3) is 0 Å². The van der Waals surface area contributed by atoms with Crippen LogP contribution in [0, 0.1) is 5.92 Å². The zero-order valence-corrected chi connectivity index (χ0v) is 19.1. The fraction of sp³-hybridized carbons (Fsp3) is 0.667. The Morgan fingerprint density at radius 2 is 1.60 bits per heavy atom. The summed E-state index contributed by atoms with van der Waals surface area (Å²) in [6.45, 7) is 10.7. The lowest BCUT2D eigenvalue weighted by molar-refractivity contribution is -0.151. The van der Waals surface area contributed by atoms with Gasteiger partial charge in [0.15, 0.2) is 0 Å². The number of amides is 1. The van der Waals surface area contributed by atoms with Gasteiger partial charge in [-0.2, -0.15) is 0 Å². The fourth-order valence-electron chi connectivity index (χ4n) is 3.49. The Labute approximate surface area is 181 Å². The van der Waals surface area contributed by atoms with E-state index in [1.54, 1.807) is 0 Å². The quantitative estimate of drug-likeness (QED) is 0.569. The Morgan fingerprint density at radius 3 is 2.13 bits per heavy atom. The smallest absolute Gasteiger partial charge is 0.407 e. The SMILES string of the molecule is CC(C)CC(NCc1ccc(CNC(=O)OC(C)(C)C)cc1)C(=O)OC1CCCC1. The zero-order chi connectivity index (χ0) is 22.1. The van der Waals surface area contributed by atoms with Crippen LogP contribution < -0.4 is 10.6 Å². The van der Waals surface area contributed by atoms with E-state index in [2.05, 4.69) is 24.5 Å². The van der Waals surface area contributed by atoms with Gasteiger partial charge in [0.1, 0.15) is 17.7 Å². The molecular formula is C24H38N2O4. The molecule has 0 heterocycles. The first-order valence-corrected chi connectivity index (χ1v) is 11.1. The minimum atomic E-state index is -0.509. The Kier molecular flexibility index (Phi) is 9.15. The van der Waals surface area contributed by atoms with Crippen LogP contribution in [0.5, 0.6) is 0 Å². The molecule has 0 bridgehead atoms. The molecule has 0 aromatic heterocycles. The van der Waals surface area contributed by atoms with Crippen LogP contribution in [0.1, 0.15) is 77.8 Å². The van der Waals surface area contributed by atoms with Gasteiger partial charge in [0.2, 0.25) is 0 Å². The standard InChI is InChI=1S/C24H38N2O4/c1-17(2)14-21(22(27)29-20-8-6-7-9-20)25-15-18-10-12-19(13-11-18)16-26-23(28)30-24(3,4)5/h10-13,17,20-21,25H,6-9,14-16H2,1-5H3,(H,26,28). The van der Waals surface area contributed by atoms with Crippen LogP contribution in [0.4, 0.5) is 4.79 Å². The van der Waals surface area contributed by atoms with Crippen molar-refractivity contribution in [2.75, 3.05) is 0 Å². The average molecular weight is 419 g/mol. The molecule has 6 nitrogen and oxygen atoms in total. The number of alkyl carbamates (subject to hydrolysis) is 1. The molecule has 30 heavy (non-hydrogen) atoms. The highest BCUT2D eigenvalue weighted by atomic mass is 16.6. The van der Waals surface area contributed by atoms with Gasteiger partial charge < -0.3 is 20.1 Å². The van der Waals surface area contributed by atoms with Crippen LogP contribution in [-0.2, 0) is 27.4 Å². The van der Waals surface area contributed by atoms with Crippen molar-refractivity contribution in [2.45, 2.75) is 97.6 Å². The topological polar surface area (TPSA) is 76.7 Å². The first kappa shape index (κ1) is 24.2. The maximum Gasteiger partial charge on any atom is 0.407 e. The summed E-state index contributed by atoms with van der Waals surface area (Å²) >= 11 is 0. The van der Waals surface area contributed by atoms with Gasteiger partial charge in [0.05, 0.1) is 0 Å². The first-order chi connectivity index (χ1) is 14.1. The van der Waals surface area contributed by atoms with E-state index in [0.29, 0.717) is 19.0 Å². The molecule has 168 valence electrons. The van der Waals surface area contributed by atoms with E-state index in [0.717, 1.165) is 43.2 Å². The minimum Gasteiger partial charge on any atom is -0.461 e. The van der Waals surface area contributed by atoms with Gasteiger partial charge in [-0.15, -0.1) is 0 Å². The Morgan fingerprint density at radius 1 is 1.03 bits per heavy atom. The Hall–Kier alpha value is -2.08. The number of carbonyl (C=O) groups excluding carboxylic acids is 2. The molecule has 1 unspecified atom stereocenters. The Bertz CT molecular complexity index is 673. The predicted molar refractivity (Wildman–Crippen MR) is 118 cm³/mol. The van der Waals surface area contributed by atoms with E-state index in [1.807, 2.05) is 45.0 Å². The van der Waals surface area contributed by atoms with Crippen LogP contribution in [0.3, 0.4) is 0 Å². The lowest BCUT2D eigenvalue weighted by atomic mass is 10.0. The molecule has 1 aliphatic carbocycles. The zero-order valence-electron chi connectivity index (χ0n) is 19.1. The highest BCUT2D eigenvalue weighted by molar-refractivity contribution is 5.76. The first-order valence-electron chi connectivity index (χ1n) is 11.1. The second-order valence-corrected chi connectivity index (χ2v) is 9.58. The van der Waals surface area contributed by atoms with Crippen molar-refractivity contribution in [3.63, 3.8) is 0 Å². The lowest BCUT2D eigenvalue weighted by Gasteiger charge is -2.22. The van der Waals surface area contributed by atoms with Crippen LogP contribution in [-0.4, -0.2) is 29.8 Å². The normalized spacial score (nSPS) is 15.8. The summed E-state index contributed by atoms with van der Waals surface area (Å²) in [4.78, 5) is 24.4. The summed E-state index contributed by atoms with van der Waals surface area (Å²) < 4.78 is 11.0. The number of benzene rings is 1. The van der Waals surface area contributed by atoms with Gasteiger partial charge in [-0.3, -0.25) is 4.79 Å². The summed E-state index contributed by atoms with van der Waals surface area (Å²) in [5, 5.41) is 6.13. The number of nitrogens with one attached hydrogen (secondary N) is 2. The van der Waals surface area contributed by atoms with Crippen molar-refractivity contribution in [2.24, 2.45) is 5.92 Å². The lowest BCUT2D eigenvalue weighted by Crippen LogP contribution is -2.40. The van der Waals surface area contributed by atoms with Gasteiger partial charge in [0.25, 0.3) is 0 Å². The summed E-state index contributed by atoms with van der Waals surface area (Å²) in [7, 11) is 0. The molecule has 1 aromatic rings. The molecule has 0 spiro atoms. The number of ether oxygens (including phenoxy) is 2. The summed E-state index contributed by atoms with van der Waals surface area (Å²) in [5.41, 5.74) is 1.56. The molecule has 1 saturated carbocycles. The Balaban J connectivity index is 1.83. The van der Waals surface area contributed by atoms with Crippen molar-refractivity contribution < 1.29 is 19.1 Å². The summed E-state index contributed by atoms with van der Waals surface area (Å²) in [6.07, 6.45) is 4.68. The molecule has 0 aliphatic heterocycles. The largest absolute Gasteiger partial charge is 0.461 e. The van der Waals surface area contributed by atoms with Crippen LogP contribution >= 0.6 is 0 Å². The van der Waals surface area contributed by atoms with E-state index >= 15 is 0 Å². The van der Waals surface area contributed by atoms with Crippen molar-refractivity contribution in [1.82, 2.24) is 10.6 Å². The molecule has 1 aliphatic rings. The van der Waals surface area contributed by atoms with E-state index in [-0.39, 0.29) is 18.1 Å². The molecule has 0 radical (unpaired) electrons. The molecule has 1 fully saturated rings. The number of rotatable bonds is 9. The number of hydrogen-bond donors (Lipinski definition) is 2. The number of carbonyl (C=O) groups is 2. The highest BCUT2D eigenvalue weighted by Gasteiger charge is 2.26. The molecular weight excluding hydrogens is 380 g/mol. The second kappa shape index (κ2) is 11.3. The van der Waals surface area contributed by atoms with Gasteiger partial charge in [0, 0.05) is 13.1 Å². The molecule has 1 atom stereocenters. The van der Waals surface area contributed by atoms with Crippen LogP contribution in [0.15, 0.2) is 24.3 Å². The summed E-state index contributed by atoms with van der Waals surface area (Å²) in [6, 6.07) is 7.67. The van der Waals surface area contributed by atoms with Gasteiger partial charge in [-0.25, -0.2) is 4.79 Å². The van der Waals surface area contributed by atoms with E-state index < -0.39 is 11.7 Å². The molecule has 0 saturated heterocycles. The van der Waals surface area contributed by atoms with Gasteiger partial charge >= 0.3 is 12.1 Å². The van der Waals surface area contributed by atoms with Crippen molar-refractivity contribution in [3.05, 3.63) is 35.4 Å². The maximum atomic E-state index is 12.6. The molecule has 1 amide bonds. The van der Waals surface area contributed by atoms with Gasteiger partial charge in [-0.1, -0.05) is 38.1 Å². The number of esters is 1. The van der Waals surface area contributed by atoms with Crippen molar-refractivity contribution in [1.29, 1.82) is 0 Å². The predicted octanol–water partition coefficient (Wildman–Crippen LogP) is 4.70. The monoisotopic (exact) mass is 418 g/mol.